The molecule has 2 aromatic rings. The number of hydrogen-bond acceptors (Lipinski definition) is 7. The summed E-state index contributed by atoms with van der Waals surface area (Å²) >= 11 is 0. The van der Waals surface area contributed by atoms with Gasteiger partial charge in [-0.05, 0) is 61.9 Å². The molecule has 1 aliphatic rings. The maximum Gasteiger partial charge on any atom is 0.224 e. The lowest BCUT2D eigenvalue weighted by Gasteiger charge is -2.26. The van der Waals surface area contributed by atoms with Crippen LogP contribution in [0.3, 0.4) is 0 Å². The van der Waals surface area contributed by atoms with Gasteiger partial charge in [-0.2, -0.15) is 5.26 Å². The summed E-state index contributed by atoms with van der Waals surface area (Å²) in [5.74, 6) is 1.49. The van der Waals surface area contributed by atoms with Crippen molar-refractivity contribution in [3.8, 4) is 11.8 Å². The van der Waals surface area contributed by atoms with Crippen molar-refractivity contribution in [2.45, 2.75) is 45.3 Å². The molecule has 1 aromatic carbocycles. The van der Waals surface area contributed by atoms with Crippen molar-refractivity contribution in [3.63, 3.8) is 0 Å². The van der Waals surface area contributed by atoms with Gasteiger partial charge in [-0.25, -0.2) is 9.97 Å². The highest BCUT2D eigenvalue weighted by molar-refractivity contribution is 5.47. The first-order chi connectivity index (χ1) is 13.9. The van der Waals surface area contributed by atoms with Crippen molar-refractivity contribution in [1.29, 1.82) is 5.26 Å². The Hall–Kier alpha value is -2.69. The Kier molecular flexibility index (Phi) is 6.68. The number of aliphatic hydroxyl groups excluding tert-OH is 1. The van der Waals surface area contributed by atoms with Gasteiger partial charge in [-0.1, -0.05) is 0 Å². The van der Waals surface area contributed by atoms with Gasteiger partial charge in [-0.15, -0.1) is 0 Å². The normalized spacial score (nSPS) is 16.6. The summed E-state index contributed by atoms with van der Waals surface area (Å²) in [6.45, 7) is 4.50. The molecule has 0 saturated heterocycles. The van der Waals surface area contributed by atoms with Crippen molar-refractivity contribution in [3.05, 3.63) is 46.3 Å². The maximum absolute atomic E-state index is 10.3. The first-order valence-corrected chi connectivity index (χ1v) is 9.95. The lowest BCUT2D eigenvalue weighted by Crippen LogP contribution is -2.41. The van der Waals surface area contributed by atoms with Crippen molar-refractivity contribution in [2.24, 2.45) is 0 Å². The highest BCUT2D eigenvalue weighted by Crippen LogP contribution is 2.25. The van der Waals surface area contributed by atoms with E-state index in [1.807, 2.05) is 39.0 Å². The van der Waals surface area contributed by atoms with E-state index in [1.165, 1.54) is 5.56 Å². The molecular formula is C22H29N5O2. The van der Waals surface area contributed by atoms with Gasteiger partial charge in [0.2, 0.25) is 5.95 Å². The number of benzene rings is 1. The molecule has 3 rings (SSSR count). The number of ether oxygens (including phenoxy) is 1. The van der Waals surface area contributed by atoms with E-state index in [0.29, 0.717) is 18.2 Å². The average molecular weight is 396 g/mol. The molecule has 154 valence electrons. The molecule has 7 nitrogen and oxygen atoms in total. The van der Waals surface area contributed by atoms with E-state index < -0.39 is 6.10 Å². The van der Waals surface area contributed by atoms with E-state index in [9.17, 15) is 5.11 Å². The number of nitriles is 1. The molecule has 1 heterocycles. The number of nitrogens with zero attached hydrogens (tertiary/aromatic N) is 4. The fraction of sp³-hybridized carbons (Fsp3) is 0.500. The molecular weight excluding hydrogens is 366 g/mol. The third-order valence-electron chi connectivity index (χ3n) is 5.19. The zero-order valence-corrected chi connectivity index (χ0v) is 17.6. The van der Waals surface area contributed by atoms with Crippen LogP contribution in [0.2, 0.25) is 0 Å². The minimum atomic E-state index is -0.613. The molecule has 1 aromatic heterocycles. The van der Waals surface area contributed by atoms with Crippen LogP contribution in [0.5, 0.6) is 5.75 Å². The van der Waals surface area contributed by atoms with E-state index in [0.717, 1.165) is 47.8 Å². The lowest BCUT2D eigenvalue weighted by molar-refractivity contribution is 0.102. The Bertz CT molecular complexity index is 884. The zero-order chi connectivity index (χ0) is 21.0. The minimum Gasteiger partial charge on any atom is -0.490 e. The minimum absolute atomic E-state index is 0.208. The highest BCUT2D eigenvalue weighted by atomic mass is 16.5. The van der Waals surface area contributed by atoms with Crippen molar-refractivity contribution in [1.82, 2.24) is 15.3 Å². The third kappa shape index (κ3) is 5.22. The van der Waals surface area contributed by atoms with Gasteiger partial charge >= 0.3 is 0 Å². The molecule has 0 aliphatic heterocycles. The largest absolute Gasteiger partial charge is 0.490 e. The predicted molar refractivity (Wildman–Crippen MR) is 112 cm³/mol. The Labute approximate surface area is 172 Å². The monoisotopic (exact) mass is 395 g/mol. The van der Waals surface area contributed by atoms with Gasteiger partial charge in [0.05, 0.1) is 11.6 Å². The number of anilines is 1. The topological polar surface area (TPSA) is 94.3 Å². The van der Waals surface area contributed by atoms with Crippen LogP contribution in [0, 0.1) is 25.2 Å². The van der Waals surface area contributed by atoms with E-state index >= 15 is 0 Å². The summed E-state index contributed by atoms with van der Waals surface area (Å²) in [4.78, 5) is 11.0. The number of aromatic nitrogens is 2. The third-order valence-corrected chi connectivity index (χ3v) is 5.19. The fourth-order valence-electron chi connectivity index (χ4n) is 3.67. The molecule has 0 fully saturated rings. The van der Waals surface area contributed by atoms with E-state index in [-0.39, 0.29) is 6.61 Å². The molecule has 1 aliphatic carbocycles. The maximum atomic E-state index is 10.3. The van der Waals surface area contributed by atoms with Crippen LogP contribution in [0.15, 0.2) is 18.3 Å². The van der Waals surface area contributed by atoms with Crippen molar-refractivity contribution in [2.75, 3.05) is 32.1 Å². The Balaban J connectivity index is 1.49. The quantitative estimate of drug-likeness (QED) is 0.740. The standard InChI is InChI=1S/C22H29N5O2/c1-14-7-16(10-23)8-15(2)21(14)29-13-19(28)12-24-18-5-6-20-17(9-18)11-25-22(26-20)27(3)4/h7-8,11,18-19,24,28H,5-6,9,12-13H2,1-4H3. The molecule has 0 amide bonds. The highest BCUT2D eigenvalue weighted by Gasteiger charge is 2.21. The molecule has 2 atom stereocenters. The van der Waals surface area contributed by atoms with Gasteiger partial charge in [0.1, 0.15) is 18.5 Å². The molecule has 7 heteroatoms. The van der Waals surface area contributed by atoms with Gasteiger partial charge in [-0.3, -0.25) is 0 Å². The smallest absolute Gasteiger partial charge is 0.224 e. The van der Waals surface area contributed by atoms with E-state index in [1.54, 1.807) is 12.1 Å². The van der Waals surface area contributed by atoms with Gasteiger partial charge < -0.3 is 20.1 Å². The molecule has 2 unspecified atom stereocenters. The van der Waals surface area contributed by atoms with E-state index in [2.05, 4.69) is 21.4 Å². The van der Waals surface area contributed by atoms with Crippen LogP contribution in [-0.2, 0) is 12.8 Å². The molecule has 0 radical (unpaired) electrons. The van der Waals surface area contributed by atoms with Crippen LogP contribution in [0.25, 0.3) is 0 Å². The number of fused-ring (bicyclic) bond motifs is 1. The average Bonchev–Trinajstić information content (AvgIpc) is 2.70. The summed E-state index contributed by atoms with van der Waals surface area (Å²) in [5, 5.41) is 22.8. The van der Waals surface area contributed by atoms with Crippen LogP contribution in [-0.4, -0.2) is 54.5 Å². The molecule has 0 bridgehead atoms. The lowest BCUT2D eigenvalue weighted by atomic mass is 9.93. The Morgan fingerprint density at radius 2 is 2.07 bits per heavy atom. The SMILES string of the molecule is Cc1cc(C#N)cc(C)c1OCC(O)CNC1CCc2nc(N(C)C)ncc2C1. The molecule has 0 spiro atoms. The molecule has 29 heavy (non-hydrogen) atoms. The van der Waals surface area contributed by atoms with Gasteiger partial charge in [0, 0.05) is 38.6 Å². The summed E-state index contributed by atoms with van der Waals surface area (Å²) in [5.41, 5.74) is 4.73. The number of aryl methyl sites for hydroxylation is 3. The van der Waals surface area contributed by atoms with Crippen LogP contribution in [0.4, 0.5) is 5.95 Å². The van der Waals surface area contributed by atoms with Gasteiger partial charge in [0.25, 0.3) is 0 Å². The number of aliphatic hydroxyl groups is 1. The van der Waals surface area contributed by atoms with Crippen molar-refractivity contribution < 1.29 is 9.84 Å². The number of hydrogen-bond donors (Lipinski definition) is 2. The van der Waals surface area contributed by atoms with Crippen LogP contribution < -0.4 is 15.0 Å². The van der Waals surface area contributed by atoms with Crippen LogP contribution >= 0.6 is 0 Å². The number of nitrogens with one attached hydrogen (secondary N) is 1. The number of rotatable bonds is 7. The fourth-order valence-corrected chi connectivity index (χ4v) is 3.67. The van der Waals surface area contributed by atoms with E-state index in [4.69, 9.17) is 10.00 Å². The predicted octanol–water partition coefficient (Wildman–Crippen LogP) is 1.92. The Morgan fingerprint density at radius 1 is 1.34 bits per heavy atom. The first kappa shape index (κ1) is 21.0. The second-order valence-corrected chi connectivity index (χ2v) is 7.90. The van der Waals surface area contributed by atoms with Crippen LogP contribution in [0.1, 0.15) is 34.4 Å². The summed E-state index contributed by atoms with van der Waals surface area (Å²) in [6, 6.07) is 6.05. The van der Waals surface area contributed by atoms with Crippen molar-refractivity contribution >= 4 is 5.95 Å². The molecule has 2 N–H and O–H groups in total. The summed E-state index contributed by atoms with van der Waals surface area (Å²) < 4.78 is 5.84. The Morgan fingerprint density at radius 3 is 2.72 bits per heavy atom. The van der Waals surface area contributed by atoms with Gasteiger partial charge in [0.15, 0.2) is 0 Å². The zero-order valence-electron chi connectivity index (χ0n) is 17.6. The molecule has 0 saturated carbocycles. The summed E-state index contributed by atoms with van der Waals surface area (Å²) in [7, 11) is 3.89. The second-order valence-electron chi connectivity index (χ2n) is 7.90. The second kappa shape index (κ2) is 9.21. The first-order valence-electron chi connectivity index (χ1n) is 9.95. The summed E-state index contributed by atoms with van der Waals surface area (Å²) in [6.07, 6.45) is 4.06.